The lowest BCUT2D eigenvalue weighted by molar-refractivity contribution is 0.461. The number of fused-ring (bicyclic) bond motifs is 1. The zero-order valence-electron chi connectivity index (χ0n) is 11.6. The van der Waals surface area contributed by atoms with Gasteiger partial charge in [-0.05, 0) is 23.6 Å². The third-order valence-corrected chi connectivity index (χ3v) is 4.58. The summed E-state index contributed by atoms with van der Waals surface area (Å²) in [4.78, 5) is 13.9. The zero-order chi connectivity index (χ0) is 14.3. The van der Waals surface area contributed by atoms with Crippen LogP contribution in [0.4, 0.5) is 0 Å². The lowest BCUT2D eigenvalue weighted by Crippen LogP contribution is -2.07. The summed E-state index contributed by atoms with van der Waals surface area (Å²) in [6.45, 7) is 6.43. The molecule has 0 aromatic carbocycles. The number of rotatable bonds is 1. The standard InChI is InChI=1S/C15H15N3OS/c1-15(2,3)11-8-10-12(20-11)14(19)18-13(17-10)9-4-6-16-7-5-9/h4-8H,1-3H3,(H,17,18,19). The van der Waals surface area contributed by atoms with Crippen LogP contribution in [-0.2, 0) is 5.41 Å². The van der Waals surface area contributed by atoms with Crippen LogP contribution in [0.2, 0.25) is 0 Å². The molecule has 3 heterocycles. The fourth-order valence-corrected chi connectivity index (χ4v) is 2.96. The second-order valence-electron chi connectivity index (χ2n) is 5.68. The molecule has 0 spiro atoms. The SMILES string of the molecule is CC(C)(C)c1cc2nc(-c3ccncc3)nc(O)c2s1. The molecule has 0 fully saturated rings. The second-order valence-corrected chi connectivity index (χ2v) is 6.73. The lowest BCUT2D eigenvalue weighted by Gasteiger charge is -2.14. The Hall–Kier alpha value is -2.01. The van der Waals surface area contributed by atoms with Crippen LogP contribution in [0.25, 0.3) is 21.6 Å². The number of hydrogen-bond donors (Lipinski definition) is 1. The second kappa shape index (κ2) is 4.52. The predicted octanol–water partition coefficient (Wildman–Crippen LogP) is 3.76. The highest BCUT2D eigenvalue weighted by molar-refractivity contribution is 7.19. The van der Waals surface area contributed by atoms with Crippen LogP contribution in [0.1, 0.15) is 25.6 Å². The maximum atomic E-state index is 10.1. The van der Waals surface area contributed by atoms with E-state index in [0.717, 1.165) is 15.8 Å². The number of aromatic hydroxyl groups is 1. The van der Waals surface area contributed by atoms with Crippen molar-refractivity contribution in [1.82, 2.24) is 15.0 Å². The van der Waals surface area contributed by atoms with Gasteiger partial charge >= 0.3 is 0 Å². The maximum Gasteiger partial charge on any atom is 0.232 e. The van der Waals surface area contributed by atoms with E-state index >= 15 is 0 Å². The van der Waals surface area contributed by atoms with Crippen LogP contribution in [0.5, 0.6) is 5.88 Å². The van der Waals surface area contributed by atoms with Gasteiger partial charge in [0, 0.05) is 22.8 Å². The van der Waals surface area contributed by atoms with E-state index in [2.05, 4.69) is 35.7 Å². The number of nitrogens with zero attached hydrogens (tertiary/aromatic N) is 3. The van der Waals surface area contributed by atoms with Gasteiger partial charge in [-0.15, -0.1) is 11.3 Å². The molecule has 5 heteroatoms. The van der Waals surface area contributed by atoms with E-state index in [4.69, 9.17) is 0 Å². The first-order valence-corrected chi connectivity index (χ1v) is 7.18. The van der Waals surface area contributed by atoms with E-state index in [-0.39, 0.29) is 11.3 Å². The molecule has 102 valence electrons. The Kier molecular flexibility index (Phi) is 2.94. The van der Waals surface area contributed by atoms with Gasteiger partial charge in [0.25, 0.3) is 0 Å². The van der Waals surface area contributed by atoms with Crippen molar-refractivity contribution in [3.8, 4) is 17.3 Å². The average molecular weight is 285 g/mol. The molecule has 0 saturated carbocycles. The highest BCUT2D eigenvalue weighted by Gasteiger charge is 2.20. The highest BCUT2D eigenvalue weighted by atomic mass is 32.1. The average Bonchev–Trinajstić information content (AvgIpc) is 2.84. The molecule has 0 bridgehead atoms. The highest BCUT2D eigenvalue weighted by Crippen LogP contribution is 2.37. The van der Waals surface area contributed by atoms with Crippen LogP contribution in [0.15, 0.2) is 30.6 Å². The van der Waals surface area contributed by atoms with E-state index in [1.807, 2.05) is 18.2 Å². The fourth-order valence-electron chi connectivity index (χ4n) is 1.91. The van der Waals surface area contributed by atoms with Crippen molar-refractivity contribution in [2.45, 2.75) is 26.2 Å². The van der Waals surface area contributed by atoms with E-state index in [9.17, 15) is 5.11 Å². The summed E-state index contributed by atoms with van der Waals surface area (Å²) in [5, 5.41) is 10.1. The summed E-state index contributed by atoms with van der Waals surface area (Å²) in [6, 6.07) is 5.70. The van der Waals surface area contributed by atoms with Gasteiger partial charge in [-0.2, -0.15) is 4.98 Å². The Labute approximate surface area is 121 Å². The Morgan fingerprint density at radius 2 is 1.80 bits per heavy atom. The fraction of sp³-hybridized carbons (Fsp3) is 0.267. The molecule has 20 heavy (non-hydrogen) atoms. The van der Waals surface area contributed by atoms with Crippen molar-refractivity contribution in [3.63, 3.8) is 0 Å². The van der Waals surface area contributed by atoms with Crippen molar-refractivity contribution in [2.75, 3.05) is 0 Å². The third kappa shape index (κ3) is 2.25. The molecule has 0 amide bonds. The van der Waals surface area contributed by atoms with Crippen LogP contribution < -0.4 is 0 Å². The first-order valence-electron chi connectivity index (χ1n) is 6.36. The van der Waals surface area contributed by atoms with Crippen LogP contribution in [0.3, 0.4) is 0 Å². The molecular formula is C15H15N3OS. The van der Waals surface area contributed by atoms with Crippen LogP contribution in [-0.4, -0.2) is 20.1 Å². The van der Waals surface area contributed by atoms with Crippen LogP contribution in [0, 0.1) is 0 Å². The summed E-state index contributed by atoms with van der Waals surface area (Å²) >= 11 is 1.55. The molecule has 1 N–H and O–H groups in total. The van der Waals surface area contributed by atoms with Crippen molar-refractivity contribution in [1.29, 1.82) is 0 Å². The van der Waals surface area contributed by atoms with Gasteiger partial charge in [0.1, 0.15) is 4.70 Å². The summed E-state index contributed by atoms with van der Waals surface area (Å²) in [6.07, 6.45) is 3.38. The lowest BCUT2D eigenvalue weighted by atomic mass is 9.95. The van der Waals surface area contributed by atoms with E-state index in [0.29, 0.717) is 5.82 Å². The molecule has 0 unspecified atom stereocenters. The molecule has 4 nitrogen and oxygen atoms in total. The predicted molar refractivity (Wildman–Crippen MR) is 81.0 cm³/mol. The number of aromatic nitrogens is 3. The largest absolute Gasteiger partial charge is 0.492 e. The monoisotopic (exact) mass is 285 g/mol. The summed E-state index contributed by atoms with van der Waals surface area (Å²) in [7, 11) is 0. The van der Waals surface area contributed by atoms with Gasteiger partial charge < -0.3 is 5.11 Å². The molecule has 0 atom stereocenters. The molecule has 0 radical (unpaired) electrons. The van der Waals surface area contributed by atoms with Gasteiger partial charge in [0.15, 0.2) is 5.82 Å². The molecule has 3 rings (SSSR count). The number of pyridine rings is 1. The Morgan fingerprint density at radius 1 is 1.10 bits per heavy atom. The third-order valence-electron chi connectivity index (χ3n) is 3.03. The maximum absolute atomic E-state index is 10.1. The van der Waals surface area contributed by atoms with Gasteiger partial charge in [-0.1, -0.05) is 20.8 Å². The minimum atomic E-state index is 0.0363. The van der Waals surface area contributed by atoms with Crippen molar-refractivity contribution in [2.24, 2.45) is 0 Å². The molecule has 0 aliphatic carbocycles. The first kappa shape index (κ1) is 13.0. The molecule has 3 aromatic rings. The quantitative estimate of drug-likeness (QED) is 0.739. The van der Waals surface area contributed by atoms with E-state index in [1.54, 1.807) is 23.7 Å². The van der Waals surface area contributed by atoms with Gasteiger partial charge in [-0.25, -0.2) is 4.98 Å². The molecule has 0 saturated heterocycles. The van der Waals surface area contributed by atoms with E-state index < -0.39 is 0 Å². The van der Waals surface area contributed by atoms with Gasteiger partial charge in [0.2, 0.25) is 5.88 Å². The van der Waals surface area contributed by atoms with E-state index in [1.165, 1.54) is 4.88 Å². The van der Waals surface area contributed by atoms with Crippen molar-refractivity contribution in [3.05, 3.63) is 35.5 Å². The first-order chi connectivity index (χ1) is 9.45. The number of hydrogen-bond acceptors (Lipinski definition) is 5. The summed E-state index contributed by atoms with van der Waals surface area (Å²) in [5.41, 5.74) is 1.68. The van der Waals surface area contributed by atoms with Gasteiger partial charge in [-0.3, -0.25) is 4.98 Å². The molecule has 0 aliphatic heterocycles. The number of thiophene rings is 1. The Balaban J connectivity index is 2.19. The molecule has 0 aliphatic rings. The van der Waals surface area contributed by atoms with Crippen molar-refractivity contribution < 1.29 is 5.11 Å². The Bertz CT molecular complexity index is 760. The van der Waals surface area contributed by atoms with Crippen LogP contribution >= 0.6 is 11.3 Å². The summed E-state index contributed by atoms with van der Waals surface area (Å²) < 4.78 is 0.743. The normalized spacial score (nSPS) is 11.9. The Morgan fingerprint density at radius 3 is 2.45 bits per heavy atom. The van der Waals surface area contributed by atoms with Crippen molar-refractivity contribution >= 4 is 21.6 Å². The topological polar surface area (TPSA) is 58.9 Å². The molecule has 3 aromatic heterocycles. The van der Waals surface area contributed by atoms with Gasteiger partial charge in [0.05, 0.1) is 5.52 Å². The molecular weight excluding hydrogens is 270 g/mol. The minimum absolute atomic E-state index is 0.0363. The smallest absolute Gasteiger partial charge is 0.232 e. The summed E-state index contributed by atoms with van der Waals surface area (Å²) in [5.74, 6) is 0.568. The minimum Gasteiger partial charge on any atom is -0.492 e. The zero-order valence-corrected chi connectivity index (χ0v) is 12.4.